The van der Waals surface area contributed by atoms with Crippen molar-refractivity contribution in [1.29, 1.82) is 0 Å². The third kappa shape index (κ3) is 2.52. The maximum Gasteiger partial charge on any atom is 0.207 e. The van der Waals surface area contributed by atoms with Crippen LogP contribution in [0.3, 0.4) is 0 Å². The lowest BCUT2D eigenvalue weighted by Crippen LogP contribution is -2.15. The van der Waals surface area contributed by atoms with Crippen molar-refractivity contribution in [2.45, 2.75) is 13.1 Å². The molecule has 0 spiro atoms. The van der Waals surface area contributed by atoms with Gasteiger partial charge in [-0.3, -0.25) is 4.79 Å². The summed E-state index contributed by atoms with van der Waals surface area (Å²) in [5.41, 5.74) is 3.26. The first-order valence-electron chi connectivity index (χ1n) is 7.94. The summed E-state index contributed by atoms with van der Waals surface area (Å²) < 4.78 is 2.17. The van der Waals surface area contributed by atoms with E-state index in [-0.39, 0.29) is 0 Å². The predicted octanol–water partition coefficient (Wildman–Crippen LogP) is 3.48. The summed E-state index contributed by atoms with van der Waals surface area (Å²) in [7, 11) is 0. The SMILES string of the molecule is O=CNCc1nc2ccccc2n1Cc1cccc2ccccc12. The zero-order chi connectivity index (χ0) is 16.4. The van der Waals surface area contributed by atoms with Gasteiger partial charge in [0.25, 0.3) is 0 Å². The molecule has 4 heteroatoms. The molecule has 4 rings (SSSR count). The molecular weight excluding hydrogens is 298 g/mol. The second kappa shape index (κ2) is 6.16. The Hall–Kier alpha value is -3.14. The van der Waals surface area contributed by atoms with Gasteiger partial charge in [0.05, 0.1) is 24.1 Å². The number of hydrogen-bond acceptors (Lipinski definition) is 2. The number of carbonyl (C=O) groups is 1. The molecule has 1 N–H and O–H groups in total. The van der Waals surface area contributed by atoms with E-state index in [1.807, 2.05) is 18.2 Å². The fraction of sp³-hybridized carbons (Fsp3) is 0.100. The summed E-state index contributed by atoms with van der Waals surface area (Å²) in [5, 5.41) is 5.20. The van der Waals surface area contributed by atoms with E-state index in [1.54, 1.807) is 0 Å². The summed E-state index contributed by atoms with van der Waals surface area (Å²) in [6.07, 6.45) is 0.710. The van der Waals surface area contributed by atoms with Gasteiger partial charge in [-0.15, -0.1) is 0 Å². The van der Waals surface area contributed by atoms with Crippen molar-refractivity contribution < 1.29 is 4.79 Å². The van der Waals surface area contributed by atoms with Gasteiger partial charge in [-0.2, -0.15) is 0 Å². The summed E-state index contributed by atoms with van der Waals surface area (Å²) in [4.78, 5) is 15.4. The van der Waals surface area contributed by atoms with Crippen LogP contribution in [0.5, 0.6) is 0 Å². The Morgan fingerprint density at radius 1 is 0.958 bits per heavy atom. The molecule has 0 saturated carbocycles. The molecule has 4 nitrogen and oxygen atoms in total. The third-order valence-electron chi connectivity index (χ3n) is 4.29. The number of benzene rings is 3. The molecule has 3 aromatic carbocycles. The number of para-hydroxylation sites is 2. The summed E-state index contributed by atoms with van der Waals surface area (Å²) in [6.45, 7) is 1.14. The Morgan fingerprint density at radius 2 is 1.75 bits per heavy atom. The zero-order valence-electron chi connectivity index (χ0n) is 13.1. The summed E-state index contributed by atoms with van der Waals surface area (Å²) in [5.74, 6) is 0.858. The van der Waals surface area contributed by atoms with Crippen molar-refractivity contribution in [3.8, 4) is 0 Å². The fourth-order valence-corrected chi connectivity index (χ4v) is 3.17. The quantitative estimate of drug-likeness (QED) is 0.573. The first-order valence-corrected chi connectivity index (χ1v) is 7.94. The van der Waals surface area contributed by atoms with E-state index >= 15 is 0 Å². The number of aromatic nitrogens is 2. The summed E-state index contributed by atoms with van der Waals surface area (Å²) >= 11 is 0. The molecular formula is C20H17N3O. The largest absolute Gasteiger partial charge is 0.351 e. The van der Waals surface area contributed by atoms with E-state index in [9.17, 15) is 4.79 Å². The minimum Gasteiger partial charge on any atom is -0.351 e. The number of hydrogen-bond donors (Lipinski definition) is 1. The van der Waals surface area contributed by atoms with Gasteiger partial charge in [-0.1, -0.05) is 54.6 Å². The maximum atomic E-state index is 10.7. The molecule has 0 aliphatic rings. The van der Waals surface area contributed by atoms with E-state index in [0.717, 1.165) is 23.4 Å². The van der Waals surface area contributed by atoms with Crippen molar-refractivity contribution in [2.75, 3.05) is 0 Å². The molecule has 4 aromatic rings. The molecule has 0 bridgehead atoms. The second-order valence-corrected chi connectivity index (χ2v) is 5.74. The van der Waals surface area contributed by atoms with Gasteiger partial charge in [0, 0.05) is 0 Å². The normalized spacial score (nSPS) is 11.0. The highest BCUT2D eigenvalue weighted by molar-refractivity contribution is 5.86. The number of imidazole rings is 1. The molecule has 0 saturated heterocycles. The Morgan fingerprint density at radius 3 is 2.67 bits per heavy atom. The average Bonchev–Trinajstić information content (AvgIpc) is 2.98. The Bertz CT molecular complexity index is 1010. The van der Waals surface area contributed by atoms with Gasteiger partial charge in [0.15, 0.2) is 0 Å². The van der Waals surface area contributed by atoms with Gasteiger partial charge >= 0.3 is 0 Å². The van der Waals surface area contributed by atoms with Crippen LogP contribution in [0, 0.1) is 0 Å². The van der Waals surface area contributed by atoms with Crippen LogP contribution < -0.4 is 5.32 Å². The number of amides is 1. The maximum absolute atomic E-state index is 10.7. The molecule has 0 unspecified atom stereocenters. The number of fused-ring (bicyclic) bond motifs is 2. The molecule has 24 heavy (non-hydrogen) atoms. The highest BCUT2D eigenvalue weighted by Crippen LogP contribution is 2.23. The monoisotopic (exact) mass is 315 g/mol. The number of nitrogens with one attached hydrogen (secondary N) is 1. The third-order valence-corrected chi connectivity index (χ3v) is 4.29. The van der Waals surface area contributed by atoms with E-state index < -0.39 is 0 Å². The minimum atomic E-state index is 0.420. The molecule has 1 heterocycles. The van der Waals surface area contributed by atoms with Gasteiger partial charge in [0.1, 0.15) is 5.82 Å². The standard InChI is InChI=1S/C20H17N3O/c24-14-21-12-20-22-18-10-3-4-11-19(18)23(20)13-16-8-5-7-15-6-1-2-9-17(15)16/h1-11,14H,12-13H2,(H,21,24). The van der Waals surface area contributed by atoms with Crippen molar-refractivity contribution in [2.24, 2.45) is 0 Å². The van der Waals surface area contributed by atoms with Crippen LogP contribution in [0.4, 0.5) is 0 Å². The zero-order valence-corrected chi connectivity index (χ0v) is 13.1. The molecule has 1 aromatic heterocycles. The topological polar surface area (TPSA) is 46.9 Å². The summed E-state index contributed by atoms with van der Waals surface area (Å²) in [6, 6.07) is 22.8. The van der Waals surface area contributed by atoms with Crippen LogP contribution in [0.15, 0.2) is 66.7 Å². The smallest absolute Gasteiger partial charge is 0.207 e. The molecule has 0 radical (unpaired) electrons. The van der Waals surface area contributed by atoms with Crippen molar-refractivity contribution in [3.05, 3.63) is 78.1 Å². The van der Waals surface area contributed by atoms with E-state index in [2.05, 4.69) is 63.4 Å². The molecule has 0 atom stereocenters. The lowest BCUT2D eigenvalue weighted by molar-refractivity contribution is -0.109. The Kier molecular flexibility index (Phi) is 3.71. The Balaban J connectivity index is 1.84. The van der Waals surface area contributed by atoms with Crippen molar-refractivity contribution >= 4 is 28.2 Å². The van der Waals surface area contributed by atoms with Crippen LogP contribution in [-0.4, -0.2) is 16.0 Å². The van der Waals surface area contributed by atoms with Crippen LogP contribution in [0.2, 0.25) is 0 Å². The van der Waals surface area contributed by atoms with Gasteiger partial charge in [0.2, 0.25) is 6.41 Å². The second-order valence-electron chi connectivity index (χ2n) is 5.74. The van der Waals surface area contributed by atoms with Crippen molar-refractivity contribution in [3.63, 3.8) is 0 Å². The Labute approximate surface area is 139 Å². The van der Waals surface area contributed by atoms with E-state index in [1.165, 1.54) is 16.3 Å². The van der Waals surface area contributed by atoms with Crippen LogP contribution in [0.25, 0.3) is 21.8 Å². The van der Waals surface area contributed by atoms with Gasteiger partial charge in [-0.25, -0.2) is 4.98 Å². The predicted molar refractivity (Wildman–Crippen MR) is 95.7 cm³/mol. The minimum absolute atomic E-state index is 0.420. The van der Waals surface area contributed by atoms with E-state index in [4.69, 9.17) is 0 Å². The fourth-order valence-electron chi connectivity index (χ4n) is 3.17. The highest BCUT2D eigenvalue weighted by Gasteiger charge is 2.11. The molecule has 0 aliphatic carbocycles. The van der Waals surface area contributed by atoms with E-state index in [0.29, 0.717) is 13.0 Å². The van der Waals surface area contributed by atoms with Crippen molar-refractivity contribution in [1.82, 2.24) is 14.9 Å². The van der Waals surface area contributed by atoms with Crippen LogP contribution in [0.1, 0.15) is 11.4 Å². The molecule has 1 amide bonds. The lowest BCUT2D eigenvalue weighted by atomic mass is 10.0. The first kappa shape index (κ1) is 14.5. The van der Waals surface area contributed by atoms with Crippen LogP contribution >= 0.6 is 0 Å². The lowest BCUT2D eigenvalue weighted by Gasteiger charge is -2.11. The number of carbonyl (C=O) groups excluding carboxylic acids is 1. The number of rotatable bonds is 5. The first-order chi connectivity index (χ1) is 11.9. The molecule has 0 fully saturated rings. The van der Waals surface area contributed by atoms with Crippen LogP contribution in [-0.2, 0) is 17.9 Å². The van der Waals surface area contributed by atoms with Gasteiger partial charge < -0.3 is 9.88 Å². The number of nitrogens with zero attached hydrogens (tertiary/aromatic N) is 2. The molecule has 0 aliphatic heterocycles. The van der Waals surface area contributed by atoms with Gasteiger partial charge in [-0.05, 0) is 28.5 Å². The molecule has 118 valence electrons. The highest BCUT2D eigenvalue weighted by atomic mass is 16.1. The average molecular weight is 315 g/mol.